The van der Waals surface area contributed by atoms with E-state index in [0.29, 0.717) is 18.7 Å². The maximum absolute atomic E-state index is 12.1. The van der Waals surface area contributed by atoms with Gasteiger partial charge in [0.2, 0.25) is 0 Å². The Morgan fingerprint density at radius 1 is 1.17 bits per heavy atom. The number of rotatable bonds is 8. The second-order valence-electron chi connectivity index (χ2n) is 5.38. The van der Waals surface area contributed by atoms with Gasteiger partial charge in [0.25, 0.3) is 5.91 Å². The number of carbonyl (C=O) groups is 2. The lowest BCUT2D eigenvalue weighted by Gasteiger charge is -2.04. The Morgan fingerprint density at radius 3 is 2.61 bits per heavy atom. The van der Waals surface area contributed by atoms with Gasteiger partial charge in [-0.1, -0.05) is 24.6 Å². The highest BCUT2D eigenvalue weighted by atomic mass is 16.4. The minimum atomic E-state index is -0.782. The van der Waals surface area contributed by atoms with Crippen molar-refractivity contribution in [2.45, 2.75) is 32.6 Å². The first-order chi connectivity index (χ1) is 11.1. The molecule has 0 saturated heterocycles. The number of unbranched alkanes of at least 4 members (excludes halogenated alkanes) is 2. The van der Waals surface area contributed by atoms with Gasteiger partial charge in [-0.3, -0.25) is 9.59 Å². The van der Waals surface area contributed by atoms with Crippen LogP contribution in [0.4, 0.5) is 0 Å². The van der Waals surface area contributed by atoms with Gasteiger partial charge in [0, 0.05) is 18.7 Å². The van der Waals surface area contributed by atoms with Crippen molar-refractivity contribution < 1.29 is 14.7 Å². The molecule has 122 valence electrons. The number of para-hydroxylation sites is 1. The van der Waals surface area contributed by atoms with E-state index in [2.05, 4.69) is 10.4 Å². The molecule has 2 rings (SSSR count). The number of nitrogens with zero attached hydrogens (tertiary/aromatic N) is 2. The van der Waals surface area contributed by atoms with E-state index in [1.165, 1.54) is 0 Å². The van der Waals surface area contributed by atoms with Gasteiger partial charge in [0.05, 0.1) is 5.69 Å². The van der Waals surface area contributed by atoms with Crippen molar-refractivity contribution in [3.05, 3.63) is 47.8 Å². The summed E-state index contributed by atoms with van der Waals surface area (Å²) in [5.74, 6) is -0.989. The maximum atomic E-state index is 12.1. The number of aryl methyl sites for hydroxylation is 1. The molecule has 1 aromatic heterocycles. The molecular formula is C17H21N3O3. The van der Waals surface area contributed by atoms with Crippen LogP contribution in [0.25, 0.3) is 5.69 Å². The molecule has 0 aliphatic carbocycles. The molecule has 0 saturated carbocycles. The minimum absolute atomic E-state index is 0.175. The van der Waals surface area contributed by atoms with E-state index in [1.54, 1.807) is 10.7 Å². The molecule has 1 amide bonds. The molecule has 2 aromatic rings. The topological polar surface area (TPSA) is 84.2 Å². The molecule has 1 heterocycles. The average Bonchev–Trinajstić information content (AvgIpc) is 2.93. The van der Waals surface area contributed by atoms with Crippen LogP contribution in [0, 0.1) is 6.92 Å². The third-order valence-electron chi connectivity index (χ3n) is 3.47. The highest BCUT2D eigenvalue weighted by Crippen LogP contribution is 2.11. The third-order valence-corrected chi connectivity index (χ3v) is 3.47. The Balaban J connectivity index is 1.85. The van der Waals surface area contributed by atoms with E-state index < -0.39 is 5.97 Å². The number of aromatic nitrogens is 2. The van der Waals surface area contributed by atoms with Gasteiger partial charge in [-0.2, -0.15) is 5.10 Å². The fraction of sp³-hybridized carbons (Fsp3) is 0.353. The first-order valence-corrected chi connectivity index (χ1v) is 7.70. The fourth-order valence-corrected chi connectivity index (χ4v) is 2.29. The fourth-order valence-electron chi connectivity index (χ4n) is 2.29. The monoisotopic (exact) mass is 315 g/mol. The summed E-state index contributed by atoms with van der Waals surface area (Å²) >= 11 is 0. The van der Waals surface area contributed by atoms with Gasteiger partial charge in [-0.05, 0) is 38.0 Å². The number of hydrogen-bond acceptors (Lipinski definition) is 3. The molecule has 0 aliphatic heterocycles. The van der Waals surface area contributed by atoms with Gasteiger partial charge in [-0.25, -0.2) is 4.68 Å². The van der Waals surface area contributed by atoms with Gasteiger partial charge in [0.1, 0.15) is 0 Å². The number of nitrogens with one attached hydrogen (secondary N) is 1. The maximum Gasteiger partial charge on any atom is 0.303 e. The second-order valence-corrected chi connectivity index (χ2v) is 5.38. The van der Waals surface area contributed by atoms with E-state index in [0.717, 1.165) is 24.2 Å². The van der Waals surface area contributed by atoms with Crippen LogP contribution in [0.1, 0.15) is 41.9 Å². The Kier molecular flexibility index (Phi) is 5.91. The number of carboxylic acids is 1. The molecule has 0 unspecified atom stereocenters. The second kappa shape index (κ2) is 8.12. The Bertz CT molecular complexity index is 665. The first kappa shape index (κ1) is 16.7. The summed E-state index contributed by atoms with van der Waals surface area (Å²) in [4.78, 5) is 22.5. The molecule has 0 fully saturated rings. The summed E-state index contributed by atoms with van der Waals surface area (Å²) in [5, 5.41) is 15.7. The van der Waals surface area contributed by atoms with Gasteiger partial charge in [0.15, 0.2) is 5.69 Å². The first-order valence-electron chi connectivity index (χ1n) is 7.70. The van der Waals surface area contributed by atoms with Crippen molar-refractivity contribution in [2.24, 2.45) is 0 Å². The Hall–Kier alpha value is -2.63. The summed E-state index contributed by atoms with van der Waals surface area (Å²) in [6.45, 7) is 2.43. The summed E-state index contributed by atoms with van der Waals surface area (Å²) in [6.07, 6.45) is 2.35. The highest BCUT2D eigenvalue weighted by Gasteiger charge is 2.12. The SMILES string of the molecule is Cc1cc(C(=O)NCCCCCC(=O)O)nn1-c1ccccc1. The quantitative estimate of drug-likeness (QED) is 0.733. The lowest BCUT2D eigenvalue weighted by atomic mass is 10.2. The van der Waals surface area contributed by atoms with Crippen molar-refractivity contribution in [1.82, 2.24) is 15.1 Å². The minimum Gasteiger partial charge on any atom is -0.481 e. The highest BCUT2D eigenvalue weighted by molar-refractivity contribution is 5.92. The molecule has 1 aromatic carbocycles. The van der Waals surface area contributed by atoms with Crippen molar-refractivity contribution in [2.75, 3.05) is 6.54 Å². The normalized spacial score (nSPS) is 10.5. The lowest BCUT2D eigenvalue weighted by molar-refractivity contribution is -0.137. The van der Waals surface area contributed by atoms with Crippen LogP contribution in [0.5, 0.6) is 0 Å². The smallest absolute Gasteiger partial charge is 0.303 e. The van der Waals surface area contributed by atoms with E-state index in [9.17, 15) is 9.59 Å². The Morgan fingerprint density at radius 2 is 1.91 bits per heavy atom. The van der Waals surface area contributed by atoms with Crippen LogP contribution in [-0.2, 0) is 4.79 Å². The standard InChI is InChI=1S/C17H21N3O3/c1-13-12-15(19-20(13)14-8-4-2-5-9-14)17(23)18-11-7-3-6-10-16(21)22/h2,4-5,8-9,12H,3,6-7,10-11H2,1H3,(H,18,23)(H,21,22). The summed E-state index contributed by atoms with van der Waals surface area (Å²) in [7, 11) is 0. The van der Waals surface area contributed by atoms with Crippen LogP contribution in [0.15, 0.2) is 36.4 Å². The van der Waals surface area contributed by atoms with Crippen LogP contribution in [0.3, 0.4) is 0 Å². The van der Waals surface area contributed by atoms with E-state index in [4.69, 9.17) is 5.11 Å². The molecule has 6 heteroatoms. The molecule has 2 N–H and O–H groups in total. The molecule has 6 nitrogen and oxygen atoms in total. The molecule has 0 radical (unpaired) electrons. The lowest BCUT2D eigenvalue weighted by Crippen LogP contribution is -2.25. The molecule has 0 spiro atoms. The number of carbonyl (C=O) groups excluding carboxylic acids is 1. The third kappa shape index (κ3) is 4.95. The molecule has 0 aliphatic rings. The van der Waals surface area contributed by atoms with Crippen LogP contribution >= 0.6 is 0 Å². The van der Waals surface area contributed by atoms with Crippen LogP contribution in [-0.4, -0.2) is 33.3 Å². The summed E-state index contributed by atoms with van der Waals surface area (Å²) in [6, 6.07) is 11.4. The number of amides is 1. The largest absolute Gasteiger partial charge is 0.481 e. The van der Waals surface area contributed by atoms with Gasteiger partial charge in [-0.15, -0.1) is 0 Å². The van der Waals surface area contributed by atoms with Crippen LogP contribution in [0.2, 0.25) is 0 Å². The van der Waals surface area contributed by atoms with Crippen molar-refractivity contribution in [3.63, 3.8) is 0 Å². The van der Waals surface area contributed by atoms with Crippen molar-refractivity contribution in [3.8, 4) is 5.69 Å². The van der Waals surface area contributed by atoms with E-state index in [1.807, 2.05) is 37.3 Å². The average molecular weight is 315 g/mol. The van der Waals surface area contributed by atoms with Crippen LogP contribution < -0.4 is 5.32 Å². The zero-order valence-corrected chi connectivity index (χ0v) is 13.2. The molecule has 23 heavy (non-hydrogen) atoms. The molecular weight excluding hydrogens is 294 g/mol. The number of aliphatic carboxylic acids is 1. The molecule has 0 atom stereocenters. The van der Waals surface area contributed by atoms with E-state index >= 15 is 0 Å². The summed E-state index contributed by atoms with van der Waals surface area (Å²) < 4.78 is 1.74. The number of carboxylic acid groups (broad SMARTS) is 1. The van der Waals surface area contributed by atoms with Crippen molar-refractivity contribution >= 4 is 11.9 Å². The number of benzene rings is 1. The predicted octanol–water partition coefficient (Wildman–Crippen LogP) is 2.56. The zero-order chi connectivity index (χ0) is 16.7. The summed E-state index contributed by atoms with van der Waals surface area (Å²) in [5.41, 5.74) is 2.19. The Labute approximate surface area is 135 Å². The zero-order valence-electron chi connectivity index (χ0n) is 13.2. The van der Waals surface area contributed by atoms with Gasteiger partial charge < -0.3 is 10.4 Å². The van der Waals surface area contributed by atoms with E-state index in [-0.39, 0.29) is 12.3 Å². The van der Waals surface area contributed by atoms with Gasteiger partial charge >= 0.3 is 5.97 Å². The predicted molar refractivity (Wildman–Crippen MR) is 86.7 cm³/mol. The number of hydrogen-bond donors (Lipinski definition) is 2. The van der Waals surface area contributed by atoms with Crippen molar-refractivity contribution in [1.29, 1.82) is 0 Å². The molecule has 0 bridgehead atoms.